The molecular formula is C19H19BrO5. The van der Waals surface area contributed by atoms with E-state index in [0.29, 0.717) is 29.9 Å². The van der Waals surface area contributed by atoms with Gasteiger partial charge < -0.3 is 14.2 Å². The number of carbonyl (C=O) groups excluding carboxylic acids is 2. The van der Waals surface area contributed by atoms with Crippen LogP contribution >= 0.6 is 15.9 Å². The molecule has 1 aromatic carbocycles. The number of halogens is 1. The number of methoxy groups -OCH3 is 1. The molecule has 0 radical (unpaired) electrons. The van der Waals surface area contributed by atoms with Crippen molar-refractivity contribution in [2.24, 2.45) is 11.3 Å². The number of Topliss-reactive ketones (excluding diaryl/α,β-unsaturated/α-hetero) is 1. The Balaban J connectivity index is 1.92. The minimum absolute atomic E-state index is 0.0384. The molecule has 4 rings (SSSR count). The summed E-state index contributed by atoms with van der Waals surface area (Å²) >= 11 is 3.47. The van der Waals surface area contributed by atoms with Crippen LogP contribution in [0.3, 0.4) is 0 Å². The zero-order chi connectivity index (χ0) is 17.9. The second-order valence-corrected chi connectivity index (χ2v) is 8.51. The van der Waals surface area contributed by atoms with Crippen molar-refractivity contribution in [1.29, 1.82) is 0 Å². The maximum Gasteiger partial charge on any atom is 0.317 e. The van der Waals surface area contributed by atoms with E-state index in [1.54, 1.807) is 0 Å². The monoisotopic (exact) mass is 406 g/mol. The number of rotatable bonds is 1. The first-order valence-electron chi connectivity index (χ1n) is 8.27. The van der Waals surface area contributed by atoms with Crippen LogP contribution in [0.5, 0.6) is 5.75 Å². The average Bonchev–Trinajstić information content (AvgIpc) is 2.52. The lowest BCUT2D eigenvalue weighted by Crippen LogP contribution is -2.49. The third-order valence-electron chi connectivity index (χ3n) is 5.12. The number of fused-ring (bicyclic) bond motifs is 5. The lowest BCUT2D eigenvalue weighted by molar-refractivity contribution is -0.172. The maximum absolute atomic E-state index is 13.0. The summed E-state index contributed by atoms with van der Waals surface area (Å²) in [4.78, 5) is 25.4. The molecule has 6 heteroatoms. The highest BCUT2D eigenvalue weighted by Crippen LogP contribution is 2.54. The van der Waals surface area contributed by atoms with Crippen LogP contribution in [0.25, 0.3) is 0 Å². The van der Waals surface area contributed by atoms with Gasteiger partial charge in [-0.05, 0) is 23.6 Å². The molecule has 0 saturated carbocycles. The first-order valence-corrected chi connectivity index (χ1v) is 9.07. The quantitative estimate of drug-likeness (QED) is 0.665. The second kappa shape index (κ2) is 5.59. The highest BCUT2D eigenvalue weighted by molar-refractivity contribution is 9.10. The van der Waals surface area contributed by atoms with E-state index in [-0.39, 0.29) is 11.2 Å². The smallest absolute Gasteiger partial charge is 0.317 e. The van der Waals surface area contributed by atoms with Gasteiger partial charge in [0.2, 0.25) is 0 Å². The normalized spacial score (nSPS) is 29.1. The summed E-state index contributed by atoms with van der Waals surface area (Å²) in [5.41, 5.74) is 1.26. The largest absolute Gasteiger partial charge is 0.469 e. The number of benzene rings is 1. The third-order valence-corrected chi connectivity index (χ3v) is 5.62. The molecule has 0 N–H and O–H groups in total. The van der Waals surface area contributed by atoms with Gasteiger partial charge >= 0.3 is 5.97 Å². The molecule has 0 spiro atoms. The molecule has 0 aromatic heterocycles. The number of allylic oxidation sites excluding steroid dienone is 2. The minimum Gasteiger partial charge on any atom is -0.469 e. The van der Waals surface area contributed by atoms with Crippen molar-refractivity contribution in [3.05, 3.63) is 39.6 Å². The fraction of sp³-hybridized carbons (Fsp3) is 0.474. The Hall–Kier alpha value is -1.82. The molecule has 25 heavy (non-hydrogen) atoms. The number of ether oxygens (including phenoxy) is 3. The molecule has 2 aliphatic heterocycles. The van der Waals surface area contributed by atoms with Crippen molar-refractivity contribution < 1.29 is 23.8 Å². The molecule has 5 nitrogen and oxygen atoms in total. The van der Waals surface area contributed by atoms with Gasteiger partial charge in [0, 0.05) is 34.4 Å². The SMILES string of the molecule is COC(=O)[C@@H]1[C@@H]2OC3=C(C(=O)CC(C)(C)C3)[C@H]1c1cc(Br)ccc1O2. The standard InChI is InChI=1S/C19H19BrO5/c1-19(2)7-11(21)15-13(8-19)25-18-16(17(22)23-3)14(15)10-6-9(20)4-5-12(10)24-18/h4-6,14,16,18H,7-8H2,1-3H3/t14-,16-,18+/m1/s1. The van der Waals surface area contributed by atoms with E-state index < -0.39 is 24.1 Å². The van der Waals surface area contributed by atoms with Crippen molar-refractivity contribution in [2.75, 3.05) is 7.11 Å². The van der Waals surface area contributed by atoms with Gasteiger partial charge in [-0.15, -0.1) is 0 Å². The van der Waals surface area contributed by atoms with Crippen LogP contribution in [0, 0.1) is 11.3 Å². The average molecular weight is 407 g/mol. The molecule has 0 unspecified atom stereocenters. The number of hydrogen-bond donors (Lipinski definition) is 0. The Kier molecular flexibility index (Phi) is 3.72. The second-order valence-electron chi connectivity index (χ2n) is 7.59. The molecule has 132 valence electrons. The van der Waals surface area contributed by atoms with Gasteiger partial charge in [-0.2, -0.15) is 0 Å². The van der Waals surface area contributed by atoms with Crippen molar-refractivity contribution in [3.63, 3.8) is 0 Å². The Labute approximate surface area is 154 Å². The zero-order valence-corrected chi connectivity index (χ0v) is 15.9. The van der Waals surface area contributed by atoms with Crippen molar-refractivity contribution in [2.45, 2.75) is 38.9 Å². The summed E-state index contributed by atoms with van der Waals surface area (Å²) < 4.78 is 17.8. The third kappa shape index (κ3) is 2.58. The number of ketones is 1. The van der Waals surface area contributed by atoms with Gasteiger partial charge in [0.1, 0.15) is 17.4 Å². The number of carbonyl (C=O) groups is 2. The molecule has 0 fully saturated rings. The van der Waals surface area contributed by atoms with Crippen molar-refractivity contribution >= 4 is 27.7 Å². The molecule has 2 bridgehead atoms. The molecule has 0 amide bonds. The fourth-order valence-electron chi connectivity index (χ4n) is 4.10. The Morgan fingerprint density at radius 1 is 1.28 bits per heavy atom. The lowest BCUT2D eigenvalue weighted by Gasteiger charge is -2.46. The van der Waals surface area contributed by atoms with Crippen LogP contribution < -0.4 is 4.74 Å². The molecule has 3 atom stereocenters. The predicted octanol–water partition coefficient (Wildman–Crippen LogP) is 3.71. The highest BCUT2D eigenvalue weighted by atomic mass is 79.9. The van der Waals surface area contributed by atoms with Gasteiger partial charge in [0.05, 0.1) is 7.11 Å². The van der Waals surface area contributed by atoms with E-state index in [1.807, 2.05) is 32.0 Å². The topological polar surface area (TPSA) is 61.8 Å². The van der Waals surface area contributed by atoms with Crippen molar-refractivity contribution in [3.8, 4) is 5.75 Å². The van der Waals surface area contributed by atoms with Crippen LogP contribution in [0.4, 0.5) is 0 Å². The van der Waals surface area contributed by atoms with Crippen LogP contribution in [-0.4, -0.2) is 25.2 Å². The van der Waals surface area contributed by atoms with E-state index in [1.165, 1.54) is 7.11 Å². The van der Waals surface area contributed by atoms with Crippen LogP contribution in [0.1, 0.15) is 38.2 Å². The van der Waals surface area contributed by atoms with Crippen LogP contribution in [0.2, 0.25) is 0 Å². The van der Waals surface area contributed by atoms with Crippen LogP contribution in [-0.2, 0) is 19.1 Å². The molecule has 1 aliphatic carbocycles. The molecule has 0 saturated heterocycles. The van der Waals surface area contributed by atoms with Crippen molar-refractivity contribution in [1.82, 2.24) is 0 Å². The predicted molar refractivity (Wildman–Crippen MR) is 92.9 cm³/mol. The summed E-state index contributed by atoms with van der Waals surface area (Å²) in [5, 5.41) is 0. The summed E-state index contributed by atoms with van der Waals surface area (Å²) in [5.74, 6) is -0.174. The first-order chi connectivity index (χ1) is 11.8. The molecule has 2 heterocycles. The Morgan fingerprint density at radius 3 is 2.76 bits per heavy atom. The van der Waals surface area contributed by atoms with E-state index in [2.05, 4.69) is 15.9 Å². The molecule has 1 aromatic rings. The lowest BCUT2D eigenvalue weighted by atomic mass is 9.67. The van der Waals surface area contributed by atoms with E-state index in [0.717, 1.165) is 10.0 Å². The van der Waals surface area contributed by atoms with Gasteiger partial charge in [0.25, 0.3) is 6.29 Å². The van der Waals surface area contributed by atoms with Gasteiger partial charge in [0.15, 0.2) is 5.78 Å². The van der Waals surface area contributed by atoms with E-state index in [9.17, 15) is 9.59 Å². The zero-order valence-electron chi connectivity index (χ0n) is 14.3. The summed E-state index contributed by atoms with van der Waals surface area (Å²) in [6, 6.07) is 5.61. The maximum atomic E-state index is 13.0. The van der Waals surface area contributed by atoms with E-state index >= 15 is 0 Å². The summed E-state index contributed by atoms with van der Waals surface area (Å²) in [7, 11) is 1.34. The Morgan fingerprint density at radius 2 is 2.04 bits per heavy atom. The van der Waals surface area contributed by atoms with Gasteiger partial charge in [-0.25, -0.2) is 0 Å². The fourth-order valence-corrected chi connectivity index (χ4v) is 4.48. The van der Waals surface area contributed by atoms with Gasteiger partial charge in [-0.3, -0.25) is 9.59 Å². The van der Waals surface area contributed by atoms with Crippen LogP contribution in [0.15, 0.2) is 34.0 Å². The van der Waals surface area contributed by atoms with E-state index in [4.69, 9.17) is 14.2 Å². The first kappa shape index (κ1) is 16.6. The summed E-state index contributed by atoms with van der Waals surface area (Å²) in [6.07, 6.45) is 0.322. The highest BCUT2D eigenvalue weighted by Gasteiger charge is 2.54. The Bertz CT molecular complexity index is 810. The number of esters is 1. The molecule has 3 aliphatic rings. The summed E-state index contributed by atoms with van der Waals surface area (Å²) in [6.45, 7) is 4.09. The van der Waals surface area contributed by atoms with Gasteiger partial charge in [-0.1, -0.05) is 29.8 Å². The number of hydrogen-bond acceptors (Lipinski definition) is 5. The molecular weight excluding hydrogens is 388 g/mol. The minimum atomic E-state index is -0.772.